The minimum atomic E-state index is -0.402. The summed E-state index contributed by atoms with van der Waals surface area (Å²) in [6.07, 6.45) is 3.41. The summed E-state index contributed by atoms with van der Waals surface area (Å²) in [6.45, 7) is 0.153. The van der Waals surface area contributed by atoms with Crippen molar-refractivity contribution in [3.63, 3.8) is 0 Å². The summed E-state index contributed by atoms with van der Waals surface area (Å²) < 4.78 is 5.20. The number of aliphatic hydroxyl groups is 1. The molecule has 1 saturated carbocycles. The highest BCUT2D eigenvalue weighted by molar-refractivity contribution is 6.34. The van der Waals surface area contributed by atoms with Crippen molar-refractivity contribution in [2.45, 2.75) is 18.3 Å². The maximum Gasteiger partial charge on any atom is 0.234 e. The molecule has 0 bridgehead atoms. The predicted molar refractivity (Wildman–Crippen MR) is 111 cm³/mol. The van der Waals surface area contributed by atoms with Gasteiger partial charge in [-0.2, -0.15) is 0 Å². The Kier molecular flexibility index (Phi) is 4.05. The second-order valence-corrected chi connectivity index (χ2v) is 7.96. The molecule has 4 aromatic rings. The molecule has 0 spiro atoms. The van der Waals surface area contributed by atoms with Crippen LogP contribution in [0.1, 0.15) is 34.5 Å². The Morgan fingerprint density at radius 1 is 1.17 bits per heavy atom. The molecule has 0 aliphatic heterocycles. The number of nitrogens with one attached hydrogen (secondary N) is 1. The van der Waals surface area contributed by atoms with Crippen molar-refractivity contribution in [2.24, 2.45) is 0 Å². The van der Waals surface area contributed by atoms with E-state index in [1.54, 1.807) is 24.3 Å². The number of aromatic nitrogens is 1. The fourth-order valence-electron chi connectivity index (χ4n) is 3.88. The molecular weight excluding hydrogens is 390 g/mol. The standard InChI is InChI=1S/C23H18ClNO4/c24-17-11-18-16(20(22(28)25-18)21(27)19-2-1-9-29-19)10-15(17)13-3-5-14(6-4-13)23(12-26)7-8-23/h1-6,9-11,25-26,28H,7-8,12H2. The van der Waals surface area contributed by atoms with Crippen LogP contribution in [0.25, 0.3) is 22.0 Å². The van der Waals surface area contributed by atoms with Crippen molar-refractivity contribution in [2.75, 3.05) is 6.61 Å². The van der Waals surface area contributed by atoms with E-state index in [1.807, 2.05) is 24.3 Å². The van der Waals surface area contributed by atoms with Crippen LogP contribution in [0.3, 0.4) is 0 Å². The van der Waals surface area contributed by atoms with Gasteiger partial charge in [-0.05, 0) is 48.2 Å². The van der Waals surface area contributed by atoms with Gasteiger partial charge in [0.25, 0.3) is 0 Å². The van der Waals surface area contributed by atoms with E-state index in [2.05, 4.69) is 4.98 Å². The molecule has 29 heavy (non-hydrogen) atoms. The summed E-state index contributed by atoms with van der Waals surface area (Å²) in [4.78, 5) is 15.6. The molecule has 2 aromatic carbocycles. The molecule has 1 aliphatic rings. The third-order valence-corrected chi connectivity index (χ3v) is 6.12. The minimum absolute atomic E-state index is 0.0959. The first-order valence-corrected chi connectivity index (χ1v) is 9.74. The quantitative estimate of drug-likeness (QED) is 0.404. The SMILES string of the molecule is O=C(c1ccco1)c1c(O)[nH]c2cc(Cl)c(-c3ccc(C4(CO)CC4)cc3)cc12. The zero-order chi connectivity index (χ0) is 20.2. The Bertz CT molecular complexity index is 1220. The van der Waals surface area contributed by atoms with Crippen molar-refractivity contribution < 1.29 is 19.4 Å². The smallest absolute Gasteiger partial charge is 0.234 e. The number of hydrogen-bond acceptors (Lipinski definition) is 4. The molecule has 3 N–H and O–H groups in total. The van der Waals surface area contributed by atoms with Crippen LogP contribution in [0.5, 0.6) is 5.88 Å². The molecule has 146 valence electrons. The number of halogens is 1. The maximum absolute atomic E-state index is 12.8. The number of H-pyrrole nitrogens is 1. The number of carbonyl (C=O) groups is 1. The molecule has 0 atom stereocenters. The zero-order valence-electron chi connectivity index (χ0n) is 15.4. The summed E-state index contributed by atoms with van der Waals surface area (Å²) >= 11 is 6.50. The van der Waals surface area contributed by atoms with Crippen LogP contribution in [0.15, 0.2) is 59.2 Å². The lowest BCUT2D eigenvalue weighted by atomic mass is 9.94. The topological polar surface area (TPSA) is 86.5 Å². The Balaban J connectivity index is 1.61. The van der Waals surface area contributed by atoms with Gasteiger partial charge in [0.2, 0.25) is 11.7 Å². The molecule has 2 heterocycles. The largest absolute Gasteiger partial charge is 0.494 e. The molecule has 0 unspecified atom stereocenters. The van der Waals surface area contributed by atoms with Crippen molar-refractivity contribution >= 4 is 28.3 Å². The van der Waals surface area contributed by atoms with Crippen molar-refractivity contribution in [1.82, 2.24) is 4.98 Å². The number of furan rings is 1. The van der Waals surface area contributed by atoms with Gasteiger partial charge in [-0.1, -0.05) is 35.9 Å². The third kappa shape index (κ3) is 2.85. The van der Waals surface area contributed by atoms with Crippen LogP contribution in [0, 0.1) is 0 Å². The van der Waals surface area contributed by atoms with Gasteiger partial charge in [0.05, 0.1) is 29.0 Å². The van der Waals surface area contributed by atoms with Crippen LogP contribution >= 0.6 is 11.6 Å². The van der Waals surface area contributed by atoms with Crippen molar-refractivity contribution in [1.29, 1.82) is 0 Å². The second kappa shape index (κ2) is 6.51. The first-order valence-electron chi connectivity index (χ1n) is 9.36. The van der Waals surface area contributed by atoms with Crippen LogP contribution in [-0.2, 0) is 5.41 Å². The van der Waals surface area contributed by atoms with E-state index in [1.165, 1.54) is 6.26 Å². The first kappa shape index (κ1) is 18.0. The fourth-order valence-corrected chi connectivity index (χ4v) is 4.15. The highest BCUT2D eigenvalue weighted by Crippen LogP contribution is 2.48. The molecule has 1 aliphatic carbocycles. The van der Waals surface area contributed by atoms with Crippen molar-refractivity contribution in [3.8, 4) is 17.0 Å². The lowest BCUT2D eigenvalue weighted by Gasteiger charge is -2.13. The molecule has 0 radical (unpaired) electrons. The minimum Gasteiger partial charge on any atom is -0.494 e. The number of hydrogen-bond donors (Lipinski definition) is 3. The number of rotatable bonds is 5. The van der Waals surface area contributed by atoms with Gasteiger partial charge in [0.15, 0.2) is 5.76 Å². The van der Waals surface area contributed by atoms with E-state index in [4.69, 9.17) is 16.0 Å². The highest BCUT2D eigenvalue weighted by Gasteiger charge is 2.43. The van der Waals surface area contributed by atoms with E-state index >= 15 is 0 Å². The number of ketones is 1. The van der Waals surface area contributed by atoms with E-state index in [-0.39, 0.29) is 29.2 Å². The van der Waals surface area contributed by atoms with E-state index < -0.39 is 5.78 Å². The number of aromatic hydroxyl groups is 1. The average molecular weight is 408 g/mol. The van der Waals surface area contributed by atoms with Gasteiger partial charge in [-0.25, -0.2) is 0 Å². The molecule has 6 heteroatoms. The first-order chi connectivity index (χ1) is 14.0. The molecule has 1 fully saturated rings. The number of carbonyl (C=O) groups excluding carboxylic acids is 1. The number of aliphatic hydroxyl groups excluding tert-OH is 1. The summed E-state index contributed by atoms with van der Waals surface area (Å²) in [6, 6.07) is 14.7. The Morgan fingerprint density at radius 3 is 2.55 bits per heavy atom. The van der Waals surface area contributed by atoms with Gasteiger partial charge >= 0.3 is 0 Å². The molecule has 5 rings (SSSR count). The van der Waals surface area contributed by atoms with Crippen LogP contribution in [0.4, 0.5) is 0 Å². The van der Waals surface area contributed by atoms with Gasteiger partial charge in [0.1, 0.15) is 0 Å². The maximum atomic E-state index is 12.8. The molecule has 0 amide bonds. The highest BCUT2D eigenvalue weighted by atomic mass is 35.5. The summed E-state index contributed by atoms with van der Waals surface area (Å²) in [7, 11) is 0. The summed E-state index contributed by atoms with van der Waals surface area (Å²) in [5.74, 6) is -0.467. The number of benzene rings is 2. The van der Waals surface area contributed by atoms with Gasteiger partial charge in [-0.3, -0.25) is 4.79 Å². The molecule has 0 saturated heterocycles. The van der Waals surface area contributed by atoms with E-state index in [9.17, 15) is 15.0 Å². The Hall–Kier alpha value is -3.02. The normalized spacial score (nSPS) is 15.0. The third-order valence-electron chi connectivity index (χ3n) is 5.80. The lowest BCUT2D eigenvalue weighted by molar-refractivity contribution is 0.101. The monoisotopic (exact) mass is 407 g/mol. The van der Waals surface area contributed by atoms with Gasteiger partial charge in [0, 0.05) is 16.4 Å². The number of aromatic amines is 1. The summed E-state index contributed by atoms with van der Waals surface area (Å²) in [5, 5.41) is 21.0. The average Bonchev–Trinajstić information content (AvgIpc) is 3.19. The Labute approximate surface area is 171 Å². The zero-order valence-corrected chi connectivity index (χ0v) is 16.2. The van der Waals surface area contributed by atoms with E-state index in [0.717, 1.165) is 29.5 Å². The molecule has 5 nitrogen and oxygen atoms in total. The predicted octanol–water partition coefficient (Wildman–Crippen LogP) is 5.04. The lowest BCUT2D eigenvalue weighted by Crippen LogP contribution is -2.11. The van der Waals surface area contributed by atoms with Gasteiger partial charge in [-0.15, -0.1) is 0 Å². The van der Waals surface area contributed by atoms with Crippen molar-refractivity contribution in [3.05, 3.63) is 76.7 Å². The fraction of sp³-hybridized carbons (Fsp3) is 0.174. The van der Waals surface area contributed by atoms with Crippen LogP contribution in [0.2, 0.25) is 5.02 Å². The van der Waals surface area contributed by atoms with Crippen LogP contribution < -0.4 is 0 Å². The van der Waals surface area contributed by atoms with Gasteiger partial charge < -0.3 is 19.6 Å². The summed E-state index contributed by atoms with van der Waals surface area (Å²) in [5.41, 5.74) is 3.40. The number of fused-ring (bicyclic) bond motifs is 1. The van der Waals surface area contributed by atoms with E-state index in [0.29, 0.717) is 15.9 Å². The molecular formula is C23H18ClNO4. The van der Waals surface area contributed by atoms with Crippen LogP contribution in [-0.4, -0.2) is 27.6 Å². The second-order valence-electron chi connectivity index (χ2n) is 7.55. The Morgan fingerprint density at radius 2 is 1.93 bits per heavy atom. The molecule has 2 aromatic heterocycles.